The number of nitrogens with two attached hydrogens (primary N) is 1. The lowest BCUT2D eigenvalue weighted by Gasteiger charge is -2.53. The van der Waals surface area contributed by atoms with E-state index < -0.39 is 0 Å². The van der Waals surface area contributed by atoms with Crippen molar-refractivity contribution in [2.24, 2.45) is 17.6 Å². The number of nitrogens with zero attached hydrogens (tertiary/aromatic N) is 1. The van der Waals surface area contributed by atoms with Crippen LogP contribution in [0.3, 0.4) is 0 Å². The molecule has 2 heteroatoms. The number of hydrogen-bond donors (Lipinski definition) is 1. The fraction of sp³-hybridized carbons (Fsp3) is 1.00. The van der Waals surface area contributed by atoms with Gasteiger partial charge < -0.3 is 5.73 Å². The summed E-state index contributed by atoms with van der Waals surface area (Å²) in [6.07, 6.45) is 5.46. The van der Waals surface area contributed by atoms with Gasteiger partial charge in [0.25, 0.3) is 0 Å². The van der Waals surface area contributed by atoms with Gasteiger partial charge in [0, 0.05) is 25.2 Å². The minimum absolute atomic E-state index is 0.406. The topological polar surface area (TPSA) is 29.3 Å². The van der Waals surface area contributed by atoms with Crippen LogP contribution in [-0.2, 0) is 0 Å². The van der Waals surface area contributed by atoms with Crippen LogP contribution in [0.2, 0.25) is 0 Å². The van der Waals surface area contributed by atoms with Crippen LogP contribution in [0.5, 0.6) is 0 Å². The Hall–Kier alpha value is -0.0800. The lowest BCUT2D eigenvalue weighted by molar-refractivity contribution is -0.0206. The van der Waals surface area contributed by atoms with Crippen LogP contribution in [0, 0.1) is 11.8 Å². The standard InChI is InChI=1S/C12H24N2/c1-10-6-11(2)8-14(7-10)12(9-13)4-3-5-12/h10-11H,3-9,13H2,1-2H3. The summed E-state index contributed by atoms with van der Waals surface area (Å²) in [6.45, 7) is 8.19. The quantitative estimate of drug-likeness (QED) is 0.730. The van der Waals surface area contributed by atoms with Crippen molar-refractivity contribution in [3.63, 3.8) is 0 Å². The van der Waals surface area contributed by atoms with Crippen LogP contribution >= 0.6 is 0 Å². The highest BCUT2D eigenvalue weighted by atomic mass is 15.2. The Morgan fingerprint density at radius 1 is 1.21 bits per heavy atom. The molecular weight excluding hydrogens is 172 g/mol. The summed E-state index contributed by atoms with van der Waals surface area (Å²) in [7, 11) is 0. The first-order valence-electron chi connectivity index (χ1n) is 6.11. The normalized spacial score (nSPS) is 37.9. The zero-order chi connectivity index (χ0) is 10.2. The predicted octanol–water partition coefficient (Wildman–Crippen LogP) is 1.85. The summed E-state index contributed by atoms with van der Waals surface area (Å²) in [5.74, 6) is 1.73. The molecule has 1 heterocycles. The minimum atomic E-state index is 0.406. The molecule has 1 saturated heterocycles. The molecule has 0 spiro atoms. The largest absolute Gasteiger partial charge is 0.329 e. The highest BCUT2D eigenvalue weighted by Gasteiger charge is 2.43. The van der Waals surface area contributed by atoms with Gasteiger partial charge in [0.1, 0.15) is 0 Å². The molecule has 0 bridgehead atoms. The van der Waals surface area contributed by atoms with Crippen LogP contribution in [-0.4, -0.2) is 30.1 Å². The van der Waals surface area contributed by atoms with Crippen LogP contribution < -0.4 is 5.73 Å². The zero-order valence-electron chi connectivity index (χ0n) is 9.63. The Morgan fingerprint density at radius 3 is 2.14 bits per heavy atom. The maximum atomic E-state index is 5.95. The first-order valence-corrected chi connectivity index (χ1v) is 6.11. The van der Waals surface area contributed by atoms with Crippen LogP contribution in [0.15, 0.2) is 0 Å². The maximum Gasteiger partial charge on any atom is 0.0332 e. The summed E-state index contributed by atoms with van der Waals surface area (Å²) in [6, 6.07) is 0. The second kappa shape index (κ2) is 3.82. The van der Waals surface area contributed by atoms with Gasteiger partial charge >= 0.3 is 0 Å². The average molecular weight is 196 g/mol. The SMILES string of the molecule is CC1CC(C)CN(C2(CN)CCC2)C1. The van der Waals surface area contributed by atoms with Crippen molar-refractivity contribution >= 4 is 0 Å². The van der Waals surface area contributed by atoms with E-state index in [1.807, 2.05) is 0 Å². The molecule has 1 aliphatic carbocycles. The molecule has 2 unspecified atom stereocenters. The molecule has 2 N–H and O–H groups in total. The fourth-order valence-corrected chi connectivity index (χ4v) is 3.28. The van der Waals surface area contributed by atoms with Gasteiger partial charge in [-0.1, -0.05) is 13.8 Å². The van der Waals surface area contributed by atoms with E-state index in [1.54, 1.807) is 0 Å². The third kappa shape index (κ3) is 1.70. The molecule has 0 amide bonds. The second-order valence-electron chi connectivity index (χ2n) is 5.63. The number of rotatable bonds is 2. The Balaban J connectivity index is 2.02. The molecule has 0 aromatic heterocycles. The first-order chi connectivity index (χ1) is 6.66. The minimum Gasteiger partial charge on any atom is -0.329 e. The van der Waals surface area contributed by atoms with Crippen molar-refractivity contribution in [3.8, 4) is 0 Å². The van der Waals surface area contributed by atoms with Crippen molar-refractivity contribution in [3.05, 3.63) is 0 Å². The second-order valence-corrected chi connectivity index (χ2v) is 5.63. The van der Waals surface area contributed by atoms with Gasteiger partial charge in [-0.2, -0.15) is 0 Å². The lowest BCUT2D eigenvalue weighted by Crippen LogP contribution is -2.61. The zero-order valence-corrected chi connectivity index (χ0v) is 9.63. The van der Waals surface area contributed by atoms with E-state index >= 15 is 0 Å². The van der Waals surface area contributed by atoms with Crippen molar-refractivity contribution in [2.75, 3.05) is 19.6 Å². The molecule has 14 heavy (non-hydrogen) atoms. The van der Waals surface area contributed by atoms with E-state index in [0.29, 0.717) is 5.54 Å². The molecular formula is C12H24N2. The molecule has 2 rings (SSSR count). The first kappa shape index (κ1) is 10.4. The summed E-state index contributed by atoms with van der Waals surface area (Å²) in [4.78, 5) is 2.69. The molecule has 2 nitrogen and oxygen atoms in total. The Kier molecular flexibility index (Phi) is 2.85. The van der Waals surface area contributed by atoms with Crippen LogP contribution in [0.1, 0.15) is 39.5 Å². The van der Waals surface area contributed by atoms with E-state index in [2.05, 4.69) is 18.7 Å². The van der Waals surface area contributed by atoms with Crippen molar-refractivity contribution in [1.82, 2.24) is 4.90 Å². The fourth-order valence-electron chi connectivity index (χ4n) is 3.28. The van der Waals surface area contributed by atoms with Gasteiger partial charge in [0.2, 0.25) is 0 Å². The van der Waals surface area contributed by atoms with Gasteiger partial charge in [-0.05, 0) is 37.5 Å². The molecule has 2 fully saturated rings. The molecule has 0 aromatic carbocycles. The van der Waals surface area contributed by atoms with Gasteiger partial charge in [-0.3, -0.25) is 4.90 Å². The van der Waals surface area contributed by atoms with E-state index in [1.165, 1.54) is 38.8 Å². The van der Waals surface area contributed by atoms with E-state index in [9.17, 15) is 0 Å². The van der Waals surface area contributed by atoms with Crippen molar-refractivity contribution in [1.29, 1.82) is 0 Å². The van der Waals surface area contributed by atoms with Crippen LogP contribution in [0.25, 0.3) is 0 Å². The Labute approximate surface area is 87.8 Å². The van der Waals surface area contributed by atoms with Crippen LogP contribution in [0.4, 0.5) is 0 Å². The lowest BCUT2D eigenvalue weighted by atomic mass is 9.73. The summed E-state index contributed by atoms with van der Waals surface area (Å²) < 4.78 is 0. The third-order valence-electron chi connectivity index (χ3n) is 4.20. The van der Waals surface area contributed by atoms with E-state index in [4.69, 9.17) is 5.73 Å². The Bertz CT molecular complexity index is 183. The molecule has 82 valence electrons. The molecule has 1 saturated carbocycles. The van der Waals surface area contributed by atoms with E-state index in [0.717, 1.165) is 18.4 Å². The summed E-state index contributed by atoms with van der Waals surface area (Å²) in [5.41, 5.74) is 6.35. The monoisotopic (exact) mass is 196 g/mol. The smallest absolute Gasteiger partial charge is 0.0332 e. The average Bonchev–Trinajstić information content (AvgIpc) is 2.01. The number of hydrogen-bond acceptors (Lipinski definition) is 2. The van der Waals surface area contributed by atoms with Crippen molar-refractivity contribution in [2.45, 2.75) is 45.1 Å². The highest BCUT2D eigenvalue weighted by Crippen LogP contribution is 2.39. The molecule has 1 aliphatic heterocycles. The highest BCUT2D eigenvalue weighted by molar-refractivity contribution is 5.00. The number of likely N-dealkylation sites (tertiary alicyclic amines) is 1. The van der Waals surface area contributed by atoms with E-state index in [-0.39, 0.29) is 0 Å². The van der Waals surface area contributed by atoms with Crippen molar-refractivity contribution < 1.29 is 0 Å². The maximum absolute atomic E-state index is 5.95. The Morgan fingerprint density at radius 2 is 1.79 bits per heavy atom. The summed E-state index contributed by atoms with van der Waals surface area (Å²) >= 11 is 0. The molecule has 0 radical (unpaired) electrons. The van der Waals surface area contributed by atoms with Gasteiger partial charge in [-0.15, -0.1) is 0 Å². The molecule has 0 aromatic rings. The van der Waals surface area contributed by atoms with Gasteiger partial charge in [0.05, 0.1) is 0 Å². The third-order valence-corrected chi connectivity index (χ3v) is 4.20. The van der Waals surface area contributed by atoms with Gasteiger partial charge in [-0.25, -0.2) is 0 Å². The molecule has 2 aliphatic rings. The summed E-state index contributed by atoms with van der Waals surface area (Å²) in [5, 5.41) is 0. The number of piperidine rings is 1. The van der Waals surface area contributed by atoms with Gasteiger partial charge in [0.15, 0.2) is 0 Å². The molecule has 2 atom stereocenters. The predicted molar refractivity (Wildman–Crippen MR) is 60.2 cm³/mol.